The van der Waals surface area contributed by atoms with Crippen molar-refractivity contribution in [3.8, 4) is 0 Å². The van der Waals surface area contributed by atoms with Crippen molar-refractivity contribution in [3.05, 3.63) is 11.1 Å². The number of ether oxygens (including phenoxy) is 1. The van der Waals surface area contributed by atoms with Crippen LogP contribution in [0.3, 0.4) is 0 Å². The molecular weight excluding hydrogens is 337 g/mol. The Kier molecular flexibility index (Phi) is 1.87. The first-order valence-corrected chi connectivity index (χ1v) is 8.03. The maximum atomic E-state index is 6.80. The van der Waals surface area contributed by atoms with E-state index in [1.807, 2.05) is 0 Å². The summed E-state index contributed by atoms with van der Waals surface area (Å²) in [6.07, 6.45) is 3.58. The minimum absolute atomic E-state index is 0.137. The van der Waals surface area contributed by atoms with Crippen LogP contribution in [0.2, 0.25) is 0 Å². The van der Waals surface area contributed by atoms with Gasteiger partial charge >= 0.3 is 0 Å². The minimum Gasteiger partial charge on any atom is -0.369 e. The highest BCUT2D eigenvalue weighted by molar-refractivity contribution is 6.62. The molecule has 0 N–H and O–H groups in total. The van der Waals surface area contributed by atoms with Crippen molar-refractivity contribution in [1.82, 2.24) is 0 Å². The lowest BCUT2D eigenvalue weighted by molar-refractivity contribution is 0.237. The fourth-order valence-corrected chi connectivity index (χ4v) is 7.76. The number of hydrogen-bond donors (Lipinski definition) is 0. The summed E-state index contributed by atoms with van der Waals surface area (Å²) in [6.45, 7) is 0. The zero-order valence-corrected chi connectivity index (χ0v) is 12.8. The van der Waals surface area contributed by atoms with E-state index < -0.39 is 14.1 Å². The zero-order valence-electron chi connectivity index (χ0n) is 9.05. The first kappa shape index (κ1) is 11.8. The number of hydrogen-bond acceptors (Lipinski definition) is 1. The molecule has 8 atom stereocenters. The van der Waals surface area contributed by atoms with Gasteiger partial charge in [-0.25, -0.2) is 0 Å². The first-order chi connectivity index (χ1) is 8.34. The molecule has 1 heterocycles. The van der Waals surface area contributed by atoms with Gasteiger partial charge in [-0.3, -0.25) is 0 Å². The average molecular weight is 346 g/mol. The summed E-state index contributed by atoms with van der Waals surface area (Å²) >= 11 is 33.0. The van der Waals surface area contributed by atoms with Gasteiger partial charge in [-0.1, -0.05) is 34.8 Å². The zero-order chi connectivity index (χ0) is 12.7. The predicted molar refractivity (Wildman–Crippen MR) is 72.8 cm³/mol. The topological polar surface area (TPSA) is 12.5 Å². The fraction of sp³-hybridized carbons (Fsp3) is 0.833. The summed E-state index contributed by atoms with van der Waals surface area (Å²) in [5, 5.41) is 0.509. The lowest BCUT2D eigenvalue weighted by atomic mass is 9.73. The molecule has 0 amide bonds. The molecule has 0 spiro atoms. The second kappa shape index (κ2) is 2.87. The lowest BCUT2D eigenvalue weighted by Gasteiger charge is -2.36. The molecule has 1 aliphatic heterocycles. The van der Waals surface area contributed by atoms with E-state index in [0.29, 0.717) is 29.1 Å². The van der Waals surface area contributed by atoms with Gasteiger partial charge in [-0.05, 0) is 36.2 Å². The molecule has 4 fully saturated rings. The Bertz CT molecular complexity index is 519. The number of fused-ring (bicyclic) bond motifs is 12. The van der Waals surface area contributed by atoms with Crippen LogP contribution in [0.15, 0.2) is 11.1 Å². The molecule has 0 radical (unpaired) electrons. The van der Waals surface area contributed by atoms with E-state index in [4.69, 9.17) is 62.7 Å². The van der Waals surface area contributed by atoms with Gasteiger partial charge in [0.25, 0.3) is 0 Å². The monoisotopic (exact) mass is 344 g/mol. The van der Waals surface area contributed by atoms with E-state index in [0.717, 1.165) is 6.42 Å². The summed E-state index contributed by atoms with van der Waals surface area (Å²) < 4.78 is 4.49. The molecule has 0 aromatic carbocycles. The molecule has 1 nitrogen and oxygen atoms in total. The highest BCUT2D eigenvalue weighted by Crippen LogP contribution is 2.82. The standard InChI is InChI=1S/C12H9Cl5O/c13-5-2-10(14)6-3-1-4(9-8(3)18-9)7(6)11(5,15)12(10,16)17/h2-4,6-9H,1H2/t3-,4+,6-,7+,8-,9+,10-,11+/m0/s1. The highest BCUT2D eigenvalue weighted by atomic mass is 35.5. The Hall–Kier alpha value is 1.15. The Morgan fingerprint density at radius 1 is 1.06 bits per heavy atom. The quantitative estimate of drug-likeness (QED) is 0.368. The van der Waals surface area contributed by atoms with Crippen molar-refractivity contribution >= 4 is 58.0 Å². The summed E-state index contributed by atoms with van der Waals surface area (Å²) in [6, 6.07) is 0. The molecule has 0 aromatic rings. The number of halogens is 5. The third kappa shape index (κ3) is 0.859. The summed E-state index contributed by atoms with van der Waals surface area (Å²) in [5.74, 6) is 1.16. The van der Waals surface area contributed by atoms with E-state index in [2.05, 4.69) is 0 Å². The largest absolute Gasteiger partial charge is 0.369 e. The van der Waals surface area contributed by atoms with E-state index in [1.54, 1.807) is 6.08 Å². The Morgan fingerprint density at radius 2 is 1.67 bits per heavy atom. The Morgan fingerprint density at radius 3 is 2.33 bits per heavy atom. The third-order valence-electron chi connectivity index (χ3n) is 5.83. The SMILES string of the molecule is ClC1=C[C@]2(Cl)[C@H]3[C@@H]4C[C@@H]([C@H]5O[C@@H]45)[C@H]3[C@@]1(Cl)C2(Cl)Cl. The van der Waals surface area contributed by atoms with Gasteiger partial charge in [0.2, 0.25) is 0 Å². The van der Waals surface area contributed by atoms with Gasteiger partial charge in [0.05, 0.1) is 12.2 Å². The molecule has 98 valence electrons. The molecule has 0 aromatic heterocycles. The van der Waals surface area contributed by atoms with Gasteiger partial charge in [-0.2, -0.15) is 0 Å². The summed E-state index contributed by atoms with van der Waals surface area (Å²) in [5.41, 5.74) is 0. The molecule has 6 heteroatoms. The third-order valence-corrected chi connectivity index (χ3v) is 9.32. The van der Waals surface area contributed by atoms with Gasteiger partial charge in [0.15, 0.2) is 4.33 Å². The molecule has 1 saturated heterocycles. The van der Waals surface area contributed by atoms with Crippen molar-refractivity contribution in [3.63, 3.8) is 0 Å². The second-order valence-electron chi connectivity index (χ2n) is 6.23. The molecule has 5 aliphatic rings. The molecule has 4 bridgehead atoms. The smallest absolute Gasteiger partial charge is 0.165 e. The van der Waals surface area contributed by atoms with Crippen LogP contribution >= 0.6 is 58.0 Å². The van der Waals surface area contributed by atoms with Crippen LogP contribution in [-0.4, -0.2) is 26.3 Å². The highest BCUT2D eigenvalue weighted by Gasteiger charge is 2.87. The predicted octanol–water partition coefficient (Wildman–Crippen LogP) is 3.91. The number of allylic oxidation sites excluding steroid dienone is 2. The van der Waals surface area contributed by atoms with E-state index >= 15 is 0 Å². The van der Waals surface area contributed by atoms with Crippen LogP contribution in [-0.2, 0) is 4.74 Å². The maximum Gasteiger partial charge on any atom is 0.165 e. The molecule has 4 aliphatic carbocycles. The van der Waals surface area contributed by atoms with Crippen LogP contribution < -0.4 is 0 Å². The van der Waals surface area contributed by atoms with Crippen molar-refractivity contribution in [2.75, 3.05) is 0 Å². The van der Waals surface area contributed by atoms with Crippen LogP contribution in [0.25, 0.3) is 0 Å². The van der Waals surface area contributed by atoms with Crippen molar-refractivity contribution in [2.24, 2.45) is 23.7 Å². The summed E-state index contributed by atoms with van der Waals surface area (Å²) in [7, 11) is 0. The molecule has 0 unspecified atom stereocenters. The Labute approximate surface area is 130 Å². The van der Waals surface area contributed by atoms with Crippen LogP contribution in [0.1, 0.15) is 6.42 Å². The van der Waals surface area contributed by atoms with Crippen LogP contribution in [0.4, 0.5) is 0 Å². The Balaban J connectivity index is 1.78. The van der Waals surface area contributed by atoms with Gasteiger partial charge in [-0.15, -0.1) is 23.2 Å². The molecule has 5 rings (SSSR count). The number of rotatable bonds is 0. The van der Waals surface area contributed by atoms with E-state index in [9.17, 15) is 0 Å². The molecule has 3 saturated carbocycles. The molecular formula is C12H9Cl5O. The lowest BCUT2D eigenvalue weighted by Crippen LogP contribution is -2.46. The second-order valence-corrected chi connectivity index (χ2v) is 9.18. The average Bonchev–Trinajstić information content (AvgIpc) is 2.83. The van der Waals surface area contributed by atoms with Crippen molar-refractivity contribution in [1.29, 1.82) is 0 Å². The maximum absolute atomic E-state index is 6.80. The van der Waals surface area contributed by atoms with Gasteiger partial charge < -0.3 is 4.74 Å². The van der Waals surface area contributed by atoms with Crippen LogP contribution in [0.5, 0.6) is 0 Å². The van der Waals surface area contributed by atoms with Crippen molar-refractivity contribution < 1.29 is 4.74 Å². The van der Waals surface area contributed by atoms with Gasteiger partial charge in [0.1, 0.15) is 9.75 Å². The number of alkyl halides is 4. The first-order valence-electron chi connectivity index (χ1n) is 6.14. The summed E-state index contributed by atoms with van der Waals surface area (Å²) in [4.78, 5) is -1.80. The van der Waals surface area contributed by atoms with E-state index in [1.165, 1.54) is 0 Å². The van der Waals surface area contributed by atoms with Crippen LogP contribution in [0, 0.1) is 23.7 Å². The van der Waals surface area contributed by atoms with Crippen molar-refractivity contribution in [2.45, 2.75) is 32.7 Å². The molecule has 18 heavy (non-hydrogen) atoms. The fourth-order valence-electron chi connectivity index (χ4n) is 5.24. The number of epoxide rings is 1. The van der Waals surface area contributed by atoms with E-state index in [-0.39, 0.29) is 11.8 Å². The normalized spacial score (nSPS) is 69.1. The van der Waals surface area contributed by atoms with Gasteiger partial charge in [0, 0.05) is 5.03 Å². The minimum atomic E-state index is -1.23.